The molecule has 1 saturated carbocycles. The molecule has 1 aliphatic heterocycles. The first-order valence-electron chi connectivity index (χ1n) is 9.99. The molecule has 1 aliphatic carbocycles. The summed E-state index contributed by atoms with van der Waals surface area (Å²) >= 11 is 0. The SMILES string of the molecule is Fc1ccc(OC(F)(F)c2c(F)cc(C3OCC(C4CCCC4)CO3)cc2F)cc1F. The minimum absolute atomic E-state index is 0.0766. The highest BCUT2D eigenvalue weighted by Crippen LogP contribution is 2.39. The predicted octanol–water partition coefficient (Wildman–Crippen LogP) is 6.22. The van der Waals surface area contributed by atoms with Crippen molar-refractivity contribution in [3.8, 4) is 5.75 Å². The Morgan fingerprint density at radius 3 is 1.97 bits per heavy atom. The van der Waals surface area contributed by atoms with Gasteiger partial charge in [0.25, 0.3) is 0 Å². The molecule has 4 rings (SSSR count). The smallest absolute Gasteiger partial charge is 0.429 e. The summed E-state index contributed by atoms with van der Waals surface area (Å²) in [7, 11) is 0. The summed E-state index contributed by atoms with van der Waals surface area (Å²) in [5.74, 6) is -5.97. The summed E-state index contributed by atoms with van der Waals surface area (Å²) in [4.78, 5) is 0. The average molecular weight is 446 g/mol. The molecule has 0 atom stereocenters. The fourth-order valence-electron chi connectivity index (χ4n) is 4.16. The van der Waals surface area contributed by atoms with Gasteiger partial charge in [0.15, 0.2) is 17.9 Å². The minimum atomic E-state index is -4.47. The standard InChI is InChI=1S/C22H20F6O3/c23-16-6-5-15(9-17(16)24)31-22(27,28)20-18(25)7-13(8-19(20)26)21-29-10-14(11-30-21)12-3-1-2-4-12/h5-9,12,14,21H,1-4,10-11H2. The van der Waals surface area contributed by atoms with Gasteiger partial charge in [-0.3, -0.25) is 0 Å². The number of alkyl halides is 2. The van der Waals surface area contributed by atoms with Crippen molar-refractivity contribution in [3.63, 3.8) is 0 Å². The number of halogens is 6. The lowest BCUT2D eigenvalue weighted by Gasteiger charge is -2.33. The minimum Gasteiger partial charge on any atom is -0.429 e. The van der Waals surface area contributed by atoms with E-state index in [-0.39, 0.29) is 11.5 Å². The summed E-state index contributed by atoms with van der Waals surface area (Å²) < 4.78 is 99.4. The van der Waals surface area contributed by atoms with E-state index in [0.29, 0.717) is 43.4 Å². The molecule has 9 heteroatoms. The van der Waals surface area contributed by atoms with Gasteiger partial charge in [-0.25, -0.2) is 17.6 Å². The molecule has 2 aromatic rings. The zero-order chi connectivity index (χ0) is 22.2. The van der Waals surface area contributed by atoms with Gasteiger partial charge in [0.2, 0.25) is 0 Å². The van der Waals surface area contributed by atoms with Gasteiger partial charge in [-0.1, -0.05) is 25.7 Å². The normalized spacial score (nSPS) is 22.6. The first-order chi connectivity index (χ1) is 14.7. The maximum Gasteiger partial charge on any atom is 0.432 e. The second kappa shape index (κ2) is 8.70. The zero-order valence-electron chi connectivity index (χ0n) is 16.4. The van der Waals surface area contributed by atoms with Crippen LogP contribution in [0, 0.1) is 35.1 Å². The molecule has 31 heavy (non-hydrogen) atoms. The Balaban J connectivity index is 1.49. The van der Waals surface area contributed by atoms with Crippen molar-refractivity contribution in [3.05, 3.63) is 64.7 Å². The molecule has 0 amide bonds. The summed E-state index contributed by atoms with van der Waals surface area (Å²) in [6, 6.07) is 3.04. The molecule has 168 valence electrons. The Bertz CT molecular complexity index is 914. The molecular formula is C22H20F6O3. The van der Waals surface area contributed by atoms with Crippen LogP contribution in [0.2, 0.25) is 0 Å². The van der Waals surface area contributed by atoms with E-state index in [9.17, 15) is 26.3 Å². The van der Waals surface area contributed by atoms with Gasteiger partial charge in [-0.15, -0.1) is 0 Å². The molecule has 0 bridgehead atoms. The van der Waals surface area contributed by atoms with Crippen molar-refractivity contribution in [2.45, 2.75) is 38.1 Å². The maximum absolute atomic E-state index is 14.5. The topological polar surface area (TPSA) is 27.7 Å². The summed E-state index contributed by atoms with van der Waals surface area (Å²) in [5, 5.41) is 0. The fraction of sp³-hybridized carbons (Fsp3) is 0.455. The highest BCUT2D eigenvalue weighted by Gasteiger charge is 2.42. The maximum atomic E-state index is 14.5. The Labute approximate surface area is 174 Å². The predicted molar refractivity (Wildman–Crippen MR) is 97.3 cm³/mol. The summed E-state index contributed by atoms with van der Waals surface area (Å²) in [6.45, 7) is 0.714. The highest BCUT2D eigenvalue weighted by atomic mass is 19.3. The van der Waals surface area contributed by atoms with Gasteiger partial charge >= 0.3 is 6.11 Å². The van der Waals surface area contributed by atoms with Gasteiger partial charge in [0.1, 0.15) is 22.9 Å². The van der Waals surface area contributed by atoms with Gasteiger partial charge < -0.3 is 14.2 Å². The van der Waals surface area contributed by atoms with E-state index in [2.05, 4.69) is 4.74 Å². The van der Waals surface area contributed by atoms with E-state index in [1.54, 1.807) is 0 Å². The van der Waals surface area contributed by atoms with Crippen LogP contribution >= 0.6 is 0 Å². The third-order valence-corrected chi connectivity index (χ3v) is 5.75. The molecule has 0 aromatic heterocycles. The number of hydrogen-bond acceptors (Lipinski definition) is 3. The van der Waals surface area contributed by atoms with Crippen LogP contribution in [-0.4, -0.2) is 13.2 Å². The van der Waals surface area contributed by atoms with Crippen molar-refractivity contribution in [2.75, 3.05) is 13.2 Å². The molecular weight excluding hydrogens is 426 g/mol. The van der Waals surface area contributed by atoms with Crippen molar-refractivity contribution in [1.29, 1.82) is 0 Å². The van der Waals surface area contributed by atoms with Crippen LogP contribution in [0.25, 0.3) is 0 Å². The molecule has 0 spiro atoms. The number of ether oxygens (including phenoxy) is 3. The van der Waals surface area contributed by atoms with Crippen molar-refractivity contribution in [2.24, 2.45) is 11.8 Å². The number of hydrogen-bond donors (Lipinski definition) is 0. The number of rotatable bonds is 5. The van der Waals surface area contributed by atoms with Crippen molar-refractivity contribution < 1.29 is 40.6 Å². The lowest BCUT2D eigenvalue weighted by molar-refractivity contribution is -0.213. The largest absolute Gasteiger partial charge is 0.432 e. The van der Waals surface area contributed by atoms with Crippen LogP contribution in [0.1, 0.15) is 43.1 Å². The number of benzene rings is 2. The van der Waals surface area contributed by atoms with Crippen LogP contribution in [0.5, 0.6) is 5.75 Å². The second-order valence-electron chi connectivity index (χ2n) is 7.86. The third-order valence-electron chi connectivity index (χ3n) is 5.75. The van der Waals surface area contributed by atoms with Crippen molar-refractivity contribution in [1.82, 2.24) is 0 Å². The van der Waals surface area contributed by atoms with Gasteiger partial charge in [-0.2, -0.15) is 8.78 Å². The third kappa shape index (κ3) is 4.67. The molecule has 1 saturated heterocycles. The van der Waals surface area contributed by atoms with E-state index in [1.165, 1.54) is 0 Å². The fourth-order valence-corrected chi connectivity index (χ4v) is 4.16. The lowest BCUT2D eigenvalue weighted by atomic mass is 9.91. The van der Waals surface area contributed by atoms with E-state index < -0.39 is 47.0 Å². The van der Waals surface area contributed by atoms with Crippen LogP contribution in [0.3, 0.4) is 0 Å². The lowest BCUT2D eigenvalue weighted by Crippen LogP contribution is -2.32. The summed E-state index contributed by atoms with van der Waals surface area (Å²) in [6.07, 6.45) is -1.05. The second-order valence-corrected chi connectivity index (χ2v) is 7.86. The average Bonchev–Trinajstić information content (AvgIpc) is 3.25. The Hall–Kier alpha value is -2.26. The van der Waals surface area contributed by atoms with Gasteiger partial charge in [0, 0.05) is 17.5 Å². The van der Waals surface area contributed by atoms with Crippen LogP contribution in [-0.2, 0) is 15.6 Å². The molecule has 0 unspecified atom stereocenters. The first-order valence-corrected chi connectivity index (χ1v) is 9.99. The molecule has 1 heterocycles. The monoisotopic (exact) mass is 446 g/mol. The Kier molecular flexibility index (Phi) is 6.16. The van der Waals surface area contributed by atoms with E-state index in [4.69, 9.17) is 9.47 Å². The Morgan fingerprint density at radius 1 is 0.774 bits per heavy atom. The Morgan fingerprint density at radius 2 is 1.39 bits per heavy atom. The zero-order valence-corrected chi connectivity index (χ0v) is 16.4. The summed E-state index contributed by atoms with van der Waals surface area (Å²) in [5.41, 5.74) is -1.73. The van der Waals surface area contributed by atoms with E-state index >= 15 is 0 Å². The van der Waals surface area contributed by atoms with Crippen molar-refractivity contribution >= 4 is 0 Å². The van der Waals surface area contributed by atoms with E-state index in [1.807, 2.05) is 0 Å². The first kappa shape index (κ1) is 22.0. The van der Waals surface area contributed by atoms with Gasteiger partial charge in [0.05, 0.1) is 13.2 Å². The molecule has 0 N–H and O–H groups in total. The van der Waals surface area contributed by atoms with E-state index in [0.717, 1.165) is 31.7 Å². The molecule has 3 nitrogen and oxygen atoms in total. The van der Waals surface area contributed by atoms with Crippen LogP contribution < -0.4 is 4.74 Å². The van der Waals surface area contributed by atoms with Crippen LogP contribution in [0.15, 0.2) is 30.3 Å². The molecule has 2 fully saturated rings. The quantitative estimate of drug-likeness (QED) is 0.510. The highest BCUT2D eigenvalue weighted by molar-refractivity contribution is 5.31. The molecule has 2 aliphatic rings. The van der Waals surface area contributed by atoms with Gasteiger partial charge in [-0.05, 0) is 30.2 Å². The molecule has 2 aromatic carbocycles. The van der Waals surface area contributed by atoms with Crippen LogP contribution in [0.4, 0.5) is 26.3 Å². The molecule has 0 radical (unpaired) electrons.